The largest absolute Gasteiger partial charge is 0.450 e. The number of ether oxygens (including phenoxy) is 2. The molecule has 0 spiro atoms. The van der Waals surface area contributed by atoms with E-state index in [1.807, 2.05) is 60.7 Å². The number of rotatable bonds is 4. The zero-order valence-electron chi connectivity index (χ0n) is 21.8. The van der Waals surface area contributed by atoms with E-state index in [4.69, 9.17) is 21.1 Å². The smallest absolute Gasteiger partial charge is 0.172 e. The monoisotopic (exact) mass is 567 g/mol. The fourth-order valence-electron chi connectivity index (χ4n) is 5.53. The molecule has 1 aliphatic heterocycles. The summed E-state index contributed by atoms with van der Waals surface area (Å²) in [6, 6.07) is 45.4. The van der Waals surface area contributed by atoms with Crippen LogP contribution in [0.2, 0.25) is 5.02 Å². The summed E-state index contributed by atoms with van der Waals surface area (Å²) in [5, 5.41) is 3.19. The van der Waals surface area contributed by atoms with Crippen LogP contribution < -0.4 is 14.4 Å². The van der Waals surface area contributed by atoms with E-state index in [-0.39, 0.29) is 0 Å². The number of fused-ring (bicyclic) bond motifs is 5. The lowest BCUT2D eigenvalue weighted by Crippen LogP contribution is -2.10. The maximum Gasteiger partial charge on any atom is 0.172 e. The lowest BCUT2D eigenvalue weighted by Gasteiger charge is -2.27. The lowest BCUT2D eigenvalue weighted by molar-refractivity contribution is 0.360. The van der Waals surface area contributed by atoms with E-state index in [0.717, 1.165) is 39.0 Å². The standard InChI is InChI=1S/C36H22ClNO2S/c37-28-19-21-34-36(27-10-4-7-13-33(27)41-34)35(28)23-14-16-25(17-15-23)38(24-8-2-1-3-9-24)26-18-20-31-32(22-26)40-30-12-6-5-11-29(30)39-31/h1-22H. The van der Waals surface area contributed by atoms with Gasteiger partial charge in [-0.05, 0) is 72.3 Å². The van der Waals surface area contributed by atoms with Gasteiger partial charge in [-0.1, -0.05) is 72.3 Å². The van der Waals surface area contributed by atoms with E-state index in [2.05, 4.69) is 77.7 Å². The Kier molecular flexibility index (Phi) is 5.69. The number of hydrogen-bond donors (Lipinski definition) is 0. The van der Waals surface area contributed by atoms with Gasteiger partial charge in [-0.2, -0.15) is 0 Å². The quantitative estimate of drug-likeness (QED) is 0.211. The van der Waals surface area contributed by atoms with Crippen molar-refractivity contribution >= 4 is 60.2 Å². The van der Waals surface area contributed by atoms with Crippen LogP contribution in [0.25, 0.3) is 31.3 Å². The van der Waals surface area contributed by atoms with Gasteiger partial charge in [-0.25, -0.2) is 0 Å². The first-order valence-corrected chi connectivity index (χ1v) is 14.6. The molecule has 0 bridgehead atoms. The van der Waals surface area contributed by atoms with Gasteiger partial charge in [0.1, 0.15) is 0 Å². The molecule has 196 valence electrons. The molecule has 0 radical (unpaired) electrons. The van der Waals surface area contributed by atoms with E-state index in [0.29, 0.717) is 17.2 Å². The van der Waals surface area contributed by atoms with Crippen molar-refractivity contribution in [2.45, 2.75) is 0 Å². The molecule has 5 heteroatoms. The van der Waals surface area contributed by atoms with Crippen LogP contribution in [0.4, 0.5) is 17.1 Å². The van der Waals surface area contributed by atoms with Crippen LogP contribution in [-0.4, -0.2) is 0 Å². The van der Waals surface area contributed by atoms with Gasteiger partial charge in [-0.15, -0.1) is 11.3 Å². The van der Waals surface area contributed by atoms with Gasteiger partial charge in [0, 0.05) is 48.2 Å². The zero-order chi connectivity index (χ0) is 27.3. The zero-order valence-corrected chi connectivity index (χ0v) is 23.3. The van der Waals surface area contributed by atoms with Crippen molar-refractivity contribution in [3.63, 3.8) is 0 Å². The number of hydrogen-bond acceptors (Lipinski definition) is 4. The Bertz CT molecular complexity index is 2070. The Hall–Kier alpha value is -4.77. The molecule has 8 rings (SSSR count). The van der Waals surface area contributed by atoms with Crippen LogP contribution in [0.1, 0.15) is 0 Å². The maximum atomic E-state index is 6.86. The minimum absolute atomic E-state index is 0.682. The SMILES string of the molecule is Clc1ccc2sc3ccccc3c2c1-c1ccc(N(c2ccccc2)c2ccc3c(c2)Oc2ccccc2O3)cc1. The van der Waals surface area contributed by atoms with E-state index < -0.39 is 0 Å². The van der Waals surface area contributed by atoms with Crippen molar-refractivity contribution < 1.29 is 9.47 Å². The summed E-state index contributed by atoms with van der Waals surface area (Å²) in [5.74, 6) is 2.80. The molecule has 0 unspecified atom stereocenters. The third-order valence-corrected chi connectivity index (χ3v) is 8.85. The van der Waals surface area contributed by atoms with E-state index in [1.54, 1.807) is 11.3 Å². The number of benzene rings is 6. The normalized spacial score (nSPS) is 11.9. The molecular weight excluding hydrogens is 546 g/mol. The highest BCUT2D eigenvalue weighted by Gasteiger charge is 2.22. The number of halogens is 1. The number of para-hydroxylation sites is 3. The minimum atomic E-state index is 0.682. The molecule has 7 aromatic rings. The second-order valence-corrected chi connectivity index (χ2v) is 11.4. The molecule has 0 N–H and O–H groups in total. The Labute approximate surface area is 246 Å². The van der Waals surface area contributed by atoms with E-state index >= 15 is 0 Å². The van der Waals surface area contributed by atoms with Crippen molar-refractivity contribution in [3.05, 3.63) is 138 Å². The van der Waals surface area contributed by atoms with Crippen molar-refractivity contribution in [1.29, 1.82) is 0 Å². The second kappa shape index (κ2) is 9.70. The fraction of sp³-hybridized carbons (Fsp3) is 0. The molecule has 0 saturated heterocycles. The molecule has 0 fully saturated rings. The Morgan fingerprint density at radius 3 is 1.95 bits per heavy atom. The third-order valence-electron chi connectivity index (χ3n) is 7.40. The molecule has 0 amide bonds. The number of anilines is 3. The predicted molar refractivity (Wildman–Crippen MR) is 171 cm³/mol. The Balaban J connectivity index is 1.23. The molecule has 2 heterocycles. The topological polar surface area (TPSA) is 21.7 Å². The van der Waals surface area contributed by atoms with Crippen LogP contribution in [0.3, 0.4) is 0 Å². The molecule has 0 atom stereocenters. The summed E-state index contributed by atoms with van der Waals surface area (Å²) in [5.41, 5.74) is 5.18. The maximum absolute atomic E-state index is 6.86. The summed E-state index contributed by atoms with van der Waals surface area (Å²) in [4.78, 5) is 2.22. The first kappa shape index (κ1) is 24.1. The molecule has 1 aliphatic rings. The summed E-state index contributed by atoms with van der Waals surface area (Å²) in [7, 11) is 0. The van der Waals surface area contributed by atoms with Crippen LogP contribution >= 0.6 is 22.9 Å². The summed E-state index contributed by atoms with van der Waals surface area (Å²) >= 11 is 8.66. The van der Waals surface area contributed by atoms with Crippen molar-refractivity contribution in [3.8, 4) is 34.1 Å². The van der Waals surface area contributed by atoms with E-state index in [9.17, 15) is 0 Å². The van der Waals surface area contributed by atoms with Crippen LogP contribution in [0.5, 0.6) is 23.0 Å². The highest BCUT2D eigenvalue weighted by Crippen LogP contribution is 2.48. The molecule has 0 saturated carbocycles. The van der Waals surface area contributed by atoms with Gasteiger partial charge in [-0.3, -0.25) is 0 Å². The molecule has 0 aliphatic carbocycles. The molecular formula is C36H22ClNO2S. The minimum Gasteiger partial charge on any atom is -0.450 e. The van der Waals surface area contributed by atoms with Gasteiger partial charge in [0.2, 0.25) is 0 Å². The fourth-order valence-corrected chi connectivity index (χ4v) is 6.91. The van der Waals surface area contributed by atoms with Gasteiger partial charge < -0.3 is 14.4 Å². The van der Waals surface area contributed by atoms with Crippen molar-refractivity contribution in [2.24, 2.45) is 0 Å². The van der Waals surface area contributed by atoms with Crippen LogP contribution in [0, 0.1) is 0 Å². The van der Waals surface area contributed by atoms with E-state index in [1.165, 1.54) is 20.2 Å². The number of thiophene rings is 1. The number of nitrogens with zero attached hydrogens (tertiary/aromatic N) is 1. The van der Waals surface area contributed by atoms with Gasteiger partial charge in [0.05, 0.1) is 5.69 Å². The molecule has 3 nitrogen and oxygen atoms in total. The van der Waals surface area contributed by atoms with Gasteiger partial charge in [0.15, 0.2) is 23.0 Å². The Morgan fingerprint density at radius 2 is 1.15 bits per heavy atom. The Morgan fingerprint density at radius 1 is 0.512 bits per heavy atom. The summed E-state index contributed by atoms with van der Waals surface area (Å²) in [6.45, 7) is 0. The predicted octanol–water partition coefficient (Wildman–Crippen LogP) is 11.7. The summed E-state index contributed by atoms with van der Waals surface area (Å²) in [6.07, 6.45) is 0. The summed E-state index contributed by atoms with van der Waals surface area (Å²) < 4.78 is 14.8. The van der Waals surface area contributed by atoms with Crippen LogP contribution in [0.15, 0.2) is 133 Å². The van der Waals surface area contributed by atoms with Crippen molar-refractivity contribution in [1.82, 2.24) is 0 Å². The molecule has 6 aromatic carbocycles. The lowest BCUT2D eigenvalue weighted by atomic mass is 9.99. The van der Waals surface area contributed by atoms with Crippen LogP contribution in [-0.2, 0) is 0 Å². The highest BCUT2D eigenvalue weighted by molar-refractivity contribution is 7.26. The first-order chi connectivity index (χ1) is 20.2. The molecule has 41 heavy (non-hydrogen) atoms. The van der Waals surface area contributed by atoms with Gasteiger partial charge in [0.25, 0.3) is 0 Å². The average Bonchev–Trinajstić information content (AvgIpc) is 3.40. The van der Waals surface area contributed by atoms with Crippen molar-refractivity contribution in [2.75, 3.05) is 4.90 Å². The first-order valence-electron chi connectivity index (χ1n) is 13.4. The average molecular weight is 568 g/mol. The molecule has 1 aromatic heterocycles. The highest BCUT2D eigenvalue weighted by atomic mass is 35.5. The second-order valence-electron chi connectivity index (χ2n) is 9.89. The van der Waals surface area contributed by atoms with Gasteiger partial charge >= 0.3 is 0 Å². The third kappa shape index (κ3) is 4.12.